The smallest absolute Gasteiger partial charge is 0.161 e. The topological polar surface area (TPSA) is 44.5 Å². The van der Waals surface area contributed by atoms with E-state index in [1.54, 1.807) is 0 Å². The summed E-state index contributed by atoms with van der Waals surface area (Å²) in [4.78, 5) is 0. The van der Waals surface area contributed by atoms with Crippen molar-refractivity contribution in [1.29, 1.82) is 0 Å². The Labute approximate surface area is 133 Å². The second-order valence-electron chi connectivity index (χ2n) is 5.19. The molecule has 3 nitrogen and oxygen atoms in total. The van der Waals surface area contributed by atoms with Gasteiger partial charge in [0.15, 0.2) is 11.5 Å². The summed E-state index contributed by atoms with van der Waals surface area (Å²) < 4.78 is 11.6. The van der Waals surface area contributed by atoms with Gasteiger partial charge in [-0.3, -0.25) is 0 Å². The number of hydrogen-bond acceptors (Lipinski definition) is 3. The molecule has 0 saturated carbocycles. The van der Waals surface area contributed by atoms with E-state index in [1.165, 1.54) is 11.1 Å². The van der Waals surface area contributed by atoms with E-state index < -0.39 is 0 Å². The van der Waals surface area contributed by atoms with E-state index in [-0.39, 0.29) is 0 Å². The summed E-state index contributed by atoms with van der Waals surface area (Å²) in [7, 11) is 0. The quantitative estimate of drug-likeness (QED) is 0.720. The largest absolute Gasteiger partial charge is 0.490 e. The van der Waals surface area contributed by atoms with Gasteiger partial charge in [-0.1, -0.05) is 36.4 Å². The number of nitrogens with two attached hydrogens (primary N) is 1. The van der Waals surface area contributed by atoms with Crippen LogP contribution in [0.15, 0.2) is 48.5 Å². The lowest BCUT2D eigenvalue weighted by Gasteiger charge is -2.13. The van der Waals surface area contributed by atoms with Gasteiger partial charge in [-0.25, -0.2) is 0 Å². The van der Waals surface area contributed by atoms with Gasteiger partial charge in [-0.2, -0.15) is 0 Å². The molecule has 118 valence electrons. The lowest BCUT2D eigenvalue weighted by atomic mass is 10.1. The number of hydrogen-bond donors (Lipinski definition) is 1. The van der Waals surface area contributed by atoms with Gasteiger partial charge in [0.05, 0.1) is 13.2 Å². The first kappa shape index (κ1) is 16.4. The van der Waals surface area contributed by atoms with Gasteiger partial charge < -0.3 is 15.2 Å². The van der Waals surface area contributed by atoms with E-state index in [1.807, 2.05) is 25.1 Å². The molecule has 0 heterocycles. The van der Waals surface area contributed by atoms with Gasteiger partial charge >= 0.3 is 0 Å². The predicted octanol–water partition coefficient (Wildman–Crippen LogP) is 3.60. The molecule has 0 unspecified atom stereocenters. The van der Waals surface area contributed by atoms with Gasteiger partial charge in [0.1, 0.15) is 0 Å². The van der Waals surface area contributed by atoms with Gasteiger partial charge in [-0.15, -0.1) is 0 Å². The van der Waals surface area contributed by atoms with Crippen molar-refractivity contribution in [1.82, 2.24) is 0 Å². The third-order valence-electron chi connectivity index (χ3n) is 3.45. The normalized spacial score (nSPS) is 10.5. The summed E-state index contributed by atoms with van der Waals surface area (Å²) in [5.41, 5.74) is 8.13. The molecule has 0 atom stereocenters. The van der Waals surface area contributed by atoms with Crippen molar-refractivity contribution in [2.45, 2.75) is 26.2 Å². The van der Waals surface area contributed by atoms with Crippen LogP contribution in [0.25, 0.3) is 0 Å². The fraction of sp³-hybridized carbons (Fsp3) is 0.368. The van der Waals surface area contributed by atoms with Crippen LogP contribution in [0.1, 0.15) is 24.5 Å². The molecule has 0 radical (unpaired) electrons. The number of ether oxygens (including phenoxy) is 2. The molecule has 2 rings (SSSR count). The van der Waals surface area contributed by atoms with Crippen molar-refractivity contribution >= 4 is 0 Å². The Morgan fingerprint density at radius 3 is 2.41 bits per heavy atom. The number of aryl methyl sites for hydroxylation is 1. The second-order valence-corrected chi connectivity index (χ2v) is 5.19. The van der Waals surface area contributed by atoms with Crippen LogP contribution in [-0.2, 0) is 12.8 Å². The van der Waals surface area contributed by atoms with Crippen molar-refractivity contribution in [3.05, 3.63) is 59.7 Å². The lowest BCUT2D eigenvalue weighted by Crippen LogP contribution is -2.05. The molecule has 0 aliphatic rings. The van der Waals surface area contributed by atoms with Crippen molar-refractivity contribution in [3.8, 4) is 11.5 Å². The van der Waals surface area contributed by atoms with E-state index in [9.17, 15) is 0 Å². The van der Waals surface area contributed by atoms with E-state index >= 15 is 0 Å². The van der Waals surface area contributed by atoms with Gasteiger partial charge in [-0.05, 0) is 56.0 Å². The summed E-state index contributed by atoms with van der Waals surface area (Å²) in [5.74, 6) is 1.63. The maximum Gasteiger partial charge on any atom is 0.161 e. The average Bonchev–Trinajstić information content (AvgIpc) is 2.55. The zero-order valence-corrected chi connectivity index (χ0v) is 13.3. The van der Waals surface area contributed by atoms with Gasteiger partial charge in [0.25, 0.3) is 0 Å². The monoisotopic (exact) mass is 299 g/mol. The first-order valence-electron chi connectivity index (χ1n) is 7.96. The van der Waals surface area contributed by atoms with Crippen molar-refractivity contribution < 1.29 is 9.47 Å². The highest BCUT2D eigenvalue weighted by atomic mass is 16.5. The number of benzene rings is 2. The van der Waals surface area contributed by atoms with Crippen LogP contribution in [0.2, 0.25) is 0 Å². The summed E-state index contributed by atoms with van der Waals surface area (Å²) >= 11 is 0. The second kappa shape index (κ2) is 9.11. The minimum atomic E-state index is 0.631. The Morgan fingerprint density at radius 1 is 0.864 bits per heavy atom. The van der Waals surface area contributed by atoms with Crippen LogP contribution in [0.3, 0.4) is 0 Å². The Morgan fingerprint density at radius 2 is 1.68 bits per heavy atom. The first-order valence-corrected chi connectivity index (χ1v) is 7.96. The van der Waals surface area contributed by atoms with E-state index in [0.717, 1.165) is 30.8 Å². The molecule has 2 aromatic rings. The predicted molar refractivity (Wildman–Crippen MR) is 90.6 cm³/mol. The molecule has 0 fully saturated rings. The summed E-state index contributed by atoms with van der Waals surface area (Å²) in [6, 6.07) is 16.5. The molecule has 0 aromatic heterocycles. The minimum Gasteiger partial charge on any atom is -0.490 e. The Kier molecular flexibility index (Phi) is 6.78. The molecular weight excluding hydrogens is 274 g/mol. The zero-order valence-electron chi connectivity index (χ0n) is 13.3. The molecule has 0 amide bonds. The SMILES string of the molecule is CCOc1cc(CCN)ccc1OCCCc1ccccc1. The average molecular weight is 299 g/mol. The third kappa shape index (κ3) is 5.08. The zero-order chi connectivity index (χ0) is 15.6. The van der Waals surface area contributed by atoms with Gasteiger partial charge in [0, 0.05) is 0 Å². The maximum absolute atomic E-state index is 5.89. The highest BCUT2D eigenvalue weighted by molar-refractivity contribution is 5.43. The maximum atomic E-state index is 5.89. The third-order valence-corrected chi connectivity index (χ3v) is 3.45. The molecule has 0 aliphatic heterocycles. The van der Waals surface area contributed by atoms with E-state index in [0.29, 0.717) is 19.8 Å². The summed E-state index contributed by atoms with van der Waals surface area (Å²) in [5, 5.41) is 0. The van der Waals surface area contributed by atoms with Crippen molar-refractivity contribution in [3.63, 3.8) is 0 Å². The van der Waals surface area contributed by atoms with Crippen LogP contribution >= 0.6 is 0 Å². The van der Waals surface area contributed by atoms with E-state index in [4.69, 9.17) is 15.2 Å². The molecular formula is C19H25NO2. The van der Waals surface area contributed by atoms with Gasteiger partial charge in [0.2, 0.25) is 0 Å². The van der Waals surface area contributed by atoms with Crippen LogP contribution in [0, 0.1) is 0 Å². The number of rotatable bonds is 9. The summed E-state index contributed by atoms with van der Waals surface area (Å²) in [6.45, 7) is 3.94. The highest BCUT2D eigenvalue weighted by Gasteiger charge is 2.06. The van der Waals surface area contributed by atoms with Crippen molar-refractivity contribution in [2.24, 2.45) is 5.73 Å². The molecule has 0 spiro atoms. The fourth-order valence-electron chi connectivity index (χ4n) is 2.37. The molecule has 0 aliphatic carbocycles. The van der Waals surface area contributed by atoms with E-state index in [2.05, 4.69) is 30.3 Å². The van der Waals surface area contributed by atoms with Crippen LogP contribution in [0.5, 0.6) is 11.5 Å². The molecule has 0 saturated heterocycles. The van der Waals surface area contributed by atoms with Crippen LogP contribution in [-0.4, -0.2) is 19.8 Å². The van der Waals surface area contributed by atoms with Crippen LogP contribution < -0.4 is 15.2 Å². The van der Waals surface area contributed by atoms with Crippen molar-refractivity contribution in [2.75, 3.05) is 19.8 Å². The molecule has 0 bridgehead atoms. The standard InChI is InChI=1S/C19H25NO2/c1-2-21-19-15-17(12-13-20)10-11-18(19)22-14-6-9-16-7-4-3-5-8-16/h3-5,7-8,10-11,15H,2,6,9,12-14,20H2,1H3. The molecule has 2 N–H and O–H groups in total. The molecule has 2 aromatic carbocycles. The Bertz CT molecular complexity index is 555. The Balaban J connectivity index is 1.88. The van der Waals surface area contributed by atoms with Crippen LogP contribution in [0.4, 0.5) is 0 Å². The highest BCUT2D eigenvalue weighted by Crippen LogP contribution is 2.28. The fourth-order valence-corrected chi connectivity index (χ4v) is 2.37. The molecule has 22 heavy (non-hydrogen) atoms. The molecule has 3 heteroatoms. The summed E-state index contributed by atoms with van der Waals surface area (Å²) in [6.07, 6.45) is 2.87. The lowest BCUT2D eigenvalue weighted by molar-refractivity contribution is 0.273. The minimum absolute atomic E-state index is 0.631. The Hall–Kier alpha value is -2.00. The first-order chi connectivity index (χ1) is 10.8.